The lowest BCUT2D eigenvalue weighted by Crippen LogP contribution is -2.32. The molecular formula is C17H18FIN2O. The van der Waals surface area contributed by atoms with E-state index in [4.69, 9.17) is 0 Å². The molecule has 5 heteroatoms. The van der Waals surface area contributed by atoms with Crippen LogP contribution in [-0.2, 0) is 4.79 Å². The number of anilines is 1. The quantitative estimate of drug-likeness (QED) is 0.752. The van der Waals surface area contributed by atoms with Crippen LogP contribution in [0.4, 0.5) is 10.1 Å². The minimum absolute atomic E-state index is 0.0306. The van der Waals surface area contributed by atoms with Crippen molar-refractivity contribution in [1.29, 1.82) is 0 Å². The summed E-state index contributed by atoms with van der Waals surface area (Å²) in [7, 11) is 1.88. The largest absolute Gasteiger partial charge is 0.325 e. The fourth-order valence-electron chi connectivity index (χ4n) is 2.09. The van der Waals surface area contributed by atoms with Crippen molar-refractivity contribution in [2.75, 3.05) is 18.9 Å². The van der Waals surface area contributed by atoms with Crippen LogP contribution >= 0.6 is 22.6 Å². The molecule has 1 unspecified atom stereocenters. The fourth-order valence-corrected chi connectivity index (χ4v) is 2.45. The lowest BCUT2D eigenvalue weighted by atomic mass is 10.1. The number of carbonyl (C=O) groups excluding carboxylic acids is 1. The second kappa shape index (κ2) is 7.69. The SMILES string of the molecule is CC(c1ccc(F)cc1)N(C)CC(=O)Nc1ccc(I)cc1. The minimum Gasteiger partial charge on any atom is -0.325 e. The molecule has 0 fully saturated rings. The highest BCUT2D eigenvalue weighted by molar-refractivity contribution is 14.1. The number of benzene rings is 2. The third kappa shape index (κ3) is 4.78. The second-order valence-corrected chi connectivity index (χ2v) is 6.44. The summed E-state index contributed by atoms with van der Waals surface area (Å²) in [6.45, 7) is 2.26. The zero-order chi connectivity index (χ0) is 16.1. The summed E-state index contributed by atoms with van der Waals surface area (Å²) in [5.41, 5.74) is 1.76. The first-order valence-electron chi connectivity index (χ1n) is 6.97. The van der Waals surface area contributed by atoms with Gasteiger partial charge in [0, 0.05) is 15.3 Å². The van der Waals surface area contributed by atoms with Gasteiger partial charge in [0.2, 0.25) is 5.91 Å². The Labute approximate surface area is 143 Å². The van der Waals surface area contributed by atoms with Gasteiger partial charge in [-0.1, -0.05) is 12.1 Å². The number of nitrogens with zero attached hydrogens (tertiary/aromatic N) is 1. The molecule has 116 valence electrons. The van der Waals surface area contributed by atoms with Crippen LogP contribution in [0.15, 0.2) is 48.5 Å². The first kappa shape index (κ1) is 16.9. The fraction of sp³-hybridized carbons (Fsp3) is 0.235. The number of rotatable bonds is 5. The molecule has 0 aliphatic rings. The number of hydrogen-bond donors (Lipinski definition) is 1. The molecule has 0 saturated heterocycles. The Hall–Kier alpha value is -1.47. The van der Waals surface area contributed by atoms with Crippen molar-refractivity contribution in [3.05, 3.63) is 63.5 Å². The van der Waals surface area contributed by atoms with Crippen LogP contribution in [0.1, 0.15) is 18.5 Å². The van der Waals surface area contributed by atoms with Gasteiger partial charge in [-0.15, -0.1) is 0 Å². The second-order valence-electron chi connectivity index (χ2n) is 5.20. The van der Waals surface area contributed by atoms with E-state index in [1.807, 2.05) is 43.1 Å². The number of hydrogen-bond acceptors (Lipinski definition) is 2. The Morgan fingerprint density at radius 2 is 1.77 bits per heavy atom. The van der Waals surface area contributed by atoms with Gasteiger partial charge in [0.05, 0.1) is 6.54 Å². The molecule has 0 bridgehead atoms. The average molecular weight is 412 g/mol. The molecule has 0 aromatic heterocycles. The number of halogens is 2. The summed E-state index contributed by atoms with van der Waals surface area (Å²) < 4.78 is 14.1. The van der Waals surface area contributed by atoms with Gasteiger partial charge in [0.1, 0.15) is 5.82 Å². The Kier molecular flexibility index (Phi) is 5.90. The molecule has 2 aromatic rings. The lowest BCUT2D eigenvalue weighted by Gasteiger charge is -2.24. The molecule has 0 saturated carbocycles. The van der Waals surface area contributed by atoms with E-state index >= 15 is 0 Å². The molecule has 0 heterocycles. The number of carbonyl (C=O) groups is 1. The van der Waals surface area contributed by atoms with Gasteiger partial charge in [0.25, 0.3) is 0 Å². The van der Waals surface area contributed by atoms with Gasteiger partial charge in [-0.2, -0.15) is 0 Å². The average Bonchev–Trinajstić information content (AvgIpc) is 2.49. The first-order chi connectivity index (χ1) is 10.5. The standard InChI is InChI=1S/C17H18FIN2O/c1-12(13-3-5-14(18)6-4-13)21(2)11-17(22)20-16-9-7-15(19)8-10-16/h3-10,12H,11H2,1-2H3,(H,20,22). The van der Waals surface area contributed by atoms with E-state index in [1.54, 1.807) is 12.1 Å². The van der Waals surface area contributed by atoms with Crippen molar-refractivity contribution in [3.8, 4) is 0 Å². The molecular weight excluding hydrogens is 394 g/mol. The molecule has 0 aliphatic heterocycles. The molecule has 2 aromatic carbocycles. The highest BCUT2D eigenvalue weighted by Crippen LogP contribution is 2.19. The van der Waals surface area contributed by atoms with Crippen LogP contribution in [-0.4, -0.2) is 24.4 Å². The molecule has 1 amide bonds. The summed E-state index contributed by atoms with van der Waals surface area (Å²) in [6.07, 6.45) is 0. The Morgan fingerprint density at radius 1 is 1.18 bits per heavy atom. The maximum atomic E-state index is 13.0. The predicted molar refractivity (Wildman–Crippen MR) is 95.2 cm³/mol. The molecule has 0 spiro atoms. The Balaban J connectivity index is 1.92. The molecule has 3 nitrogen and oxygen atoms in total. The van der Waals surface area contributed by atoms with Crippen LogP contribution in [0.25, 0.3) is 0 Å². The van der Waals surface area contributed by atoms with E-state index in [-0.39, 0.29) is 24.3 Å². The van der Waals surface area contributed by atoms with Crippen molar-refractivity contribution in [3.63, 3.8) is 0 Å². The van der Waals surface area contributed by atoms with Gasteiger partial charge in [-0.25, -0.2) is 4.39 Å². The highest BCUT2D eigenvalue weighted by atomic mass is 127. The van der Waals surface area contributed by atoms with Crippen LogP contribution < -0.4 is 5.32 Å². The predicted octanol–water partition coefficient (Wildman–Crippen LogP) is 4.06. The van der Waals surface area contributed by atoms with Crippen LogP contribution in [0.2, 0.25) is 0 Å². The van der Waals surface area contributed by atoms with Crippen molar-refractivity contribution in [1.82, 2.24) is 4.90 Å². The zero-order valence-electron chi connectivity index (χ0n) is 12.5. The van der Waals surface area contributed by atoms with E-state index in [0.717, 1.165) is 14.8 Å². The van der Waals surface area contributed by atoms with Crippen molar-refractivity contribution in [2.45, 2.75) is 13.0 Å². The third-order valence-corrected chi connectivity index (χ3v) is 4.25. The van der Waals surface area contributed by atoms with Gasteiger partial charge in [0.15, 0.2) is 0 Å². The van der Waals surface area contributed by atoms with Crippen molar-refractivity contribution >= 4 is 34.2 Å². The van der Waals surface area contributed by atoms with Crippen molar-refractivity contribution < 1.29 is 9.18 Å². The molecule has 22 heavy (non-hydrogen) atoms. The summed E-state index contributed by atoms with van der Waals surface area (Å²) >= 11 is 2.22. The first-order valence-corrected chi connectivity index (χ1v) is 8.04. The summed E-state index contributed by atoms with van der Waals surface area (Å²) in [5.74, 6) is -0.326. The maximum Gasteiger partial charge on any atom is 0.238 e. The topological polar surface area (TPSA) is 32.3 Å². The monoisotopic (exact) mass is 412 g/mol. The van der Waals surface area contributed by atoms with Crippen LogP contribution in [0.3, 0.4) is 0 Å². The molecule has 0 aliphatic carbocycles. The summed E-state index contributed by atoms with van der Waals surface area (Å²) in [5, 5.41) is 2.87. The van der Waals surface area contributed by atoms with Crippen molar-refractivity contribution in [2.24, 2.45) is 0 Å². The van der Waals surface area contributed by atoms with Gasteiger partial charge in [-0.3, -0.25) is 9.69 Å². The van der Waals surface area contributed by atoms with E-state index in [9.17, 15) is 9.18 Å². The summed E-state index contributed by atoms with van der Waals surface area (Å²) in [4.78, 5) is 14.0. The van der Waals surface area contributed by atoms with Gasteiger partial charge >= 0.3 is 0 Å². The molecule has 1 N–H and O–H groups in total. The number of likely N-dealkylation sites (N-methyl/N-ethyl adjacent to an activating group) is 1. The number of amides is 1. The molecule has 1 atom stereocenters. The Morgan fingerprint density at radius 3 is 2.36 bits per heavy atom. The van der Waals surface area contributed by atoms with E-state index < -0.39 is 0 Å². The number of nitrogens with one attached hydrogen (secondary N) is 1. The summed E-state index contributed by atoms with van der Waals surface area (Å²) in [6, 6.07) is 14.0. The van der Waals surface area contributed by atoms with Gasteiger partial charge in [-0.05, 0) is 78.5 Å². The maximum absolute atomic E-state index is 13.0. The Bertz CT molecular complexity index is 628. The van der Waals surface area contributed by atoms with E-state index in [2.05, 4.69) is 27.9 Å². The van der Waals surface area contributed by atoms with E-state index in [1.165, 1.54) is 12.1 Å². The highest BCUT2D eigenvalue weighted by Gasteiger charge is 2.15. The third-order valence-electron chi connectivity index (χ3n) is 3.53. The van der Waals surface area contributed by atoms with Crippen LogP contribution in [0, 0.1) is 9.39 Å². The molecule has 2 rings (SSSR count). The lowest BCUT2D eigenvalue weighted by molar-refractivity contribution is -0.117. The molecule has 0 radical (unpaired) electrons. The smallest absolute Gasteiger partial charge is 0.238 e. The minimum atomic E-state index is -0.255. The van der Waals surface area contributed by atoms with E-state index in [0.29, 0.717) is 0 Å². The van der Waals surface area contributed by atoms with Gasteiger partial charge < -0.3 is 5.32 Å². The van der Waals surface area contributed by atoms with Crippen LogP contribution in [0.5, 0.6) is 0 Å². The zero-order valence-corrected chi connectivity index (χ0v) is 14.7. The normalized spacial score (nSPS) is 12.2.